The van der Waals surface area contributed by atoms with Gasteiger partial charge in [-0.1, -0.05) is 30.7 Å². The van der Waals surface area contributed by atoms with E-state index in [0.29, 0.717) is 22.4 Å². The predicted molar refractivity (Wildman–Crippen MR) is 79.5 cm³/mol. The van der Waals surface area contributed by atoms with E-state index in [1.54, 1.807) is 24.3 Å². The summed E-state index contributed by atoms with van der Waals surface area (Å²) in [7, 11) is 0. The number of hydrogen-bond acceptors (Lipinski definition) is 4. The van der Waals surface area contributed by atoms with Crippen LogP contribution in [0, 0.1) is 0 Å². The Hall–Kier alpha value is -1.04. The molecule has 1 aromatic rings. The molecule has 2 amide bonds. The fourth-order valence-corrected chi connectivity index (χ4v) is 2.44. The molecule has 104 valence electrons. The molecule has 0 saturated carbocycles. The Morgan fingerprint density at radius 3 is 2.74 bits per heavy atom. The van der Waals surface area contributed by atoms with Crippen LogP contribution in [0.25, 0.3) is 0 Å². The average molecular weight is 301 g/mol. The Bertz CT molecular complexity index is 454. The molecule has 19 heavy (non-hydrogen) atoms. The van der Waals surface area contributed by atoms with Crippen LogP contribution in [0.3, 0.4) is 0 Å². The number of amides is 2. The summed E-state index contributed by atoms with van der Waals surface area (Å²) in [5.41, 5.74) is 5.73. The number of carbonyl (C=O) groups excluding carboxylic acids is 2. The van der Waals surface area contributed by atoms with Gasteiger partial charge in [-0.05, 0) is 25.1 Å². The Kier molecular flexibility index (Phi) is 6.91. The lowest BCUT2D eigenvalue weighted by atomic mass is 10.2. The zero-order valence-electron chi connectivity index (χ0n) is 10.7. The zero-order chi connectivity index (χ0) is 14.3. The Morgan fingerprint density at radius 2 is 2.11 bits per heavy atom. The Morgan fingerprint density at radius 1 is 1.42 bits per heavy atom. The van der Waals surface area contributed by atoms with Crippen molar-refractivity contribution in [2.24, 2.45) is 5.73 Å². The van der Waals surface area contributed by atoms with Crippen molar-refractivity contribution in [1.29, 1.82) is 0 Å². The van der Waals surface area contributed by atoms with E-state index in [4.69, 9.17) is 17.3 Å². The van der Waals surface area contributed by atoms with Crippen molar-refractivity contribution < 1.29 is 9.59 Å². The van der Waals surface area contributed by atoms with Gasteiger partial charge in [-0.3, -0.25) is 14.9 Å². The van der Waals surface area contributed by atoms with Gasteiger partial charge in [0.1, 0.15) is 0 Å². The molecule has 0 aliphatic carbocycles. The first-order chi connectivity index (χ1) is 9.04. The Balaban J connectivity index is 2.45. The number of carbonyl (C=O) groups is 2. The molecule has 0 heterocycles. The van der Waals surface area contributed by atoms with E-state index in [1.807, 2.05) is 6.92 Å². The lowest BCUT2D eigenvalue weighted by Gasteiger charge is -2.09. The van der Waals surface area contributed by atoms with Gasteiger partial charge in [-0.15, -0.1) is 11.8 Å². The topological polar surface area (TPSA) is 72.2 Å². The van der Waals surface area contributed by atoms with Crippen LogP contribution in [0.15, 0.2) is 24.3 Å². The molecule has 0 aromatic heterocycles. The van der Waals surface area contributed by atoms with Crippen LogP contribution in [0.1, 0.15) is 23.7 Å². The fourth-order valence-electron chi connectivity index (χ4n) is 1.41. The molecule has 0 aliphatic rings. The zero-order valence-corrected chi connectivity index (χ0v) is 12.3. The second-order valence-corrected chi connectivity index (χ2v) is 5.89. The first-order valence-electron chi connectivity index (χ1n) is 5.95. The summed E-state index contributed by atoms with van der Waals surface area (Å²) < 4.78 is 0. The van der Waals surface area contributed by atoms with Gasteiger partial charge in [-0.25, -0.2) is 0 Å². The molecule has 1 rings (SSSR count). The van der Waals surface area contributed by atoms with Crippen LogP contribution in [-0.2, 0) is 4.79 Å². The molecular formula is C13H17ClN2O2S. The van der Waals surface area contributed by atoms with E-state index in [0.717, 1.165) is 6.42 Å². The van der Waals surface area contributed by atoms with Crippen LogP contribution in [0.5, 0.6) is 0 Å². The monoisotopic (exact) mass is 300 g/mol. The lowest BCUT2D eigenvalue weighted by Crippen LogP contribution is -2.32. The maximum atomic E-state index is 11.8. The van der Waals surface area contributed by atoms with Crippen LogP contribution < -0.4 is 11.1 Å². The normalized spacial score (nSPS) is 11.9. The first-order valence-corrected chi connectivity index (χ1v) is 7.37. The molecule has 1 aromatic carbocycles. The summed E-state index contributed by atoms with van der Waals surface area (Å²) in [5.74, 6) is -0.557. The third-order valence-corrected chi connectivity index (χ3v) is 4.01. The van der Waals surface area contributed by atoms with Crippen LogP contribution in [0.4, 0.5) is 0 Å². The summed E-state index contributed by atoms with van der Waals surface area (Å²) in [5, 5.41) is 2.95. The highest BCUT2D eigenvalue weighted by Gasteiger charge is 2.13. The molecule has 0 spiro atoms. The molecular weight excluding hydrogens is 284 g/mol. The maximum absolute atomic E-state index is 11.8. The van der Waals surface area contributed by atoms with Crippen LogP contribution in [0.2, 0.25) is 5.02 Å². The van der Waals surface area contributed by atoms with Gasteiger partial charge < -0.3 is 5.73 Å². The fraction of sp³-hybridized carbons (Fsp3) is 0.385. The van der Waals surface area contributed by atoms with Gasteiger partial charge in [0.2, 0.25) is 5.91 Å². The highest BCUT2D eigenvalue weighted by molar-refractivity contribution is 8.00. The van der Waals surface area contributed by atoms with Crippen molar-refractivity contribution in [3.63, 3.8) is 0 Å². The van der Waals surface area contributed by atoms with Crippen molar-refractivity contribution >= 4 is 35.2 Å². The van der Waals surface area contributed by atoms with Gasteiger partial charge in [0.25, 0.3) is 5.91 Å². The number of halogens is 1. The quantitative estimate of drug-likeness (QED) is 0.843. The summed E-state index contributed by atoms with van der Waals surface area (Å²) in [6.07, 6.45) is 0.844. The molecule has 6 heteroatoms. The minimum absolute atomic E-state index is 0.233. The second-order valence-electron chi connectivity index (χ2n) is 4.06. The molecule has 0 aliphatic heterocycles. The number of thioether (sulfide) groups is 1. The minimum Gasteiger partial charge on any atom is -0.330 e. The molecule has 1 unspecified atom stereocenters. The average Bonchev–Trinajstić information content (AvgIpc) is 2.37. The largest absolute Gasteiger partial charge is 0.330 e. The SMILES string of the molecule is CC(CCN)SCC(=O)NC(=O)c1ccccc1Cl. The van der Waals surface area contributed by atoms with Crippen molar-refractivity contribution in [1.82, 2.24) is 5.32 Å². The number of imide groups is 1. The maximum Gasteiger partial charge on any atom is 0.259 e. The van der Waals surface area contributed by atoms with Gasteiger partial charge in [-0.2, -0.15) is 0 Å². The summed E-state index contributed by atoms with van der Waals surface area (Å²) in [6.45, 7) is 2.59. The molecule has 0 bridgehead atoms. The van der Waals surface area contributed by atoms with E-state index in [1.165, 1.54) is 11.8 Å². The van der Waals surface area contributed by atoms with Crippen molar-refractivity contribution in [3.05, 3.63) is 34.9 Å². The van der Waals surface area contributed by atoms with Gasteiger partial charge in [0.15, 0.2) is 0 Å². The summed E-state index contributed by atoms with van der Waals surface area (Å²) >= 11 is 7.35. The van der Waals surface area contributed by atoms with Gasteiger partial charge in [0.05, 0.1) is 16.3 Å². The van der Waals surface area contributed by atoms with Crippen LogP contribution >= 0.6 is 23.4 Å². The van der Waals surface area contributed by atoms with E-state index in [-0.39, 0.29) is 11.7 Å². The first kappa shape index (κ1) is 16.0. The van der Waals surface area contributed by atoms with Crippen LogP contribution in [-0.4, -0.2) is 29.4 Å². The van der Waals surface area contributed by atoms with Crippen molar-refractivity contribution in [2.75, 3.05) is 12.3 Å². The highest BCUT2D eigenvalue weighted by atomic mass is 35.5. The van der Waals surface area contributed by atoms with E-state index >= 15 is 0 Å². The third-order valence-electron chi connectivity index (χ3n) is 2.44. The predicted octanol–water partition coefficient (Wildman–Crippen LogP) is 2.07. The highest BCUT2D eigenvalue weighted by Crippen LogP contribution is 2.15. The van der Waals surface area contributed by atoms with Gasteiger partial charge in [0, 0.05) is 5.25 Å². The molecule has 4 nitrogen and oxygen atoms in total. The third kappa shape index (κ3) is 5.63. The van der Waals surface area contributed by atoms with Gasteiger partial charge >= 0.3 is 0 Å². The molecule has 1 atom stereocenters. The molecule has 0 radical (unpaired) electrons. The number of rotatable bonds is 6. The van der Waals surface area contributed by atoms with E-state index in [2.05, 4.69) is 5.32 Å². The molecule has 3 N–H and O–H groups in total. The number of nitrogens with one attached hydrogen (secondary N) is 1. The smallest absolute Gasteiger partial charge is 0.259 e. The van der Waals surface area contributed by atoms with E-state index in [9.17, 15) is 9.59 Å². The van der Waals surface area contributed by atoms with E-state index < -0.39 is 5.91 Å². The minimum atomic E-state index is -0.470. The number of benzene rings is 1. The van der Waals surface area contributed by atoms with Crippen molar-refractivity contribution in [2.45, 2.75) is 18.6 Å². The molecule has 0 fully saturated rings. The summed E-state index contributed by atoms with van der Waals surface area (Å²) in [6, 6.07) is 6.61. The number of nitrogens with two attached hydrogens (primary N) is 1. The second kappa shape index (κ2) is 8.19. The standard InChI is InChI=1S/C13H17ClN2O2S/c1-9(6-7-15)19-8-12(17)16-13(18)10-4-2-3-5-11(10)14/h2-5,9H,6-8,15H2,1H3,(H,16,17,18). The number of hydrogen-bond donors (Lipinski definition) is 2. The van der Waals surface area contributed by atoms with Crippen molar-refractivity contribution in [3.8, 4) is 0 Å². The lowest BCUT2D eigenvalue weighted by molar-refractivity contribution is -0.117. The summed E-state index contributed by atoms with van der Waals surface area (Å²) in [4.78, 5) is 23.4. The molecule has 0 saturated heterocycles. The Labute approximate surface area is 122 Å².